The first-order chi connectivity index (χ1) is 6.72. The average molecular weight is 253 g/mol. The maximum Gasteiger partial charge on any atom is 0.307 e. The summed E-state index contributed by atoms with van der Waals surface area (Å²) >= 11 is 3.20. The van der Waals surface area contributed by atoms with Crippen molar-refractivity contribution in [3.8, 4) is 11.8 Å². The molecule has 1 N–H and O–H groups in total. The number of hydrogen-bond acceptors (Lipinski definition) is 1. The first-order valence-electron chi connectivity index (χ1n) is 4.08. The molecule has 1 aromatic rings. The van der Waals surface area contributed by atoms with Crippen LogP contribution in [0.3, 0.4) is 0 Å². The molecule has 0 saturated heterocycles. The molecule has 14 heavy (non-hydrogen) atoms. The molecule has 0 atom stereocenters. The van der Waals surface area contributed by atoms with Crippen LogP contribution in [0.2, 0.25) is 0 Å². The minimum absolute atomic E-state index is 0.0617. The van der Waals surface area contributed by atoms with E-state index in [0.29, 0.717) is 5.33 Å². The Labute approximate surface area is 91.1 Å². The first kappa shape index (κ1) is 10.8. The predicted molar refractivity (Wildman–Crippen MR) is 58.5 cm³/mol. The van der Waals surface area contributed by atoms with Crippen LogP contribution in [0.5, 0.6) is 0 Å². The summed E-state index contributed by atoms with van der Waals surface area (Å²) in [4.78, 5) is 10.4. The van der Waals surface area contributed by atoms with Crippen molar-refractivity contribution in [1.29, 1.82) is 0 Å². The molecule has 0 unspecified atom stereocenters. The normalized spacial score (nSPS) is 8.93. The van der Waals surface area contributed by atoms with Crippen LogP contribution in [-0.4, -0.2) is 16.4 Å². The van der Waals surface area contributed by atoms with Crippen molar-refractivity contribution in [3.63, 3.8) is 0 Å². The minimum atomic E-state index is -0.815. The van der Waals surface area contributed by atoms with E-state index in [0.717, 1.165) is 11.1 Å². The zero-order valence-electron chi connectivity index (χ0n) is 7.46. The third kappa shape index (κ3) is 3.63. The summed E-state index contributed by atoms with van der Waals surface area (Å²) in [5.41, 5.74) is 1.69. The SMILES string of the molecule is O=C(O)Cc1ccc(C#CCBr)cc1. The smallest absolute Gasteiger partial charge is 0.307 e. The Morgan fingerprint density at radius 2 is 2.00 bits per heavy atom. The van der Waals surface area contributed by atoms with Crippen molar-refractivity contribution in [3.05, 3.63) is 35.4 Å². The zero-order chi connectivity index (χ0) is 10.4. The minimum Gasteiger partial charge on any atom is -0.481 e. The first-order valence-corrected chi connectivity index (χ1v) is 5.20. The fourth-order valence-corrected chi connectivity index (χ4v) is 1.16. The summed E-state index contributed by atoms with van der Waals surface area (Å²) in [5, 5.41) is 9.19. The highest BCUT2D eigenvalue weighted by atomic mass is 79.9. The van der Waals surface area contributed by atoms with Crippen molar-refractivity contribution in [2.24, 2.45) is 0 Å². The lowest BCUT2D eigenvalue weighted by molar-refractivity contribution is -0.136. The van der Waals surface area contributed by atoms with Crippen LogP contribution >= 0.6 is 15.9 Å². The number of carbonyl (C=O) groups is 1. The van der Waals surface area contributed by atoms with Gasteiger partial charge in [-0.25, -0.2) is 0 Å². The number of halogens is 1. The van der Waals surface area contributed by atoms with E-state index in [9.17, 15) is 4.79 Å². The number of hydrogen-bond donors (Lipinski definition) is 1. The monoisotopic (exact) mass is 252 g/mol. The Morgan fingerprint density at radius 3 is 2.50 bits per heavy atom. The average Bonchev–Trinajstić information content (AvgIpc) is 2.16. The van der Waals surface area contributed by atoms with Gasteiger partial charge in [-0.3, -0.25) is 4.79 Å². The molecule has 0 aliphatic rings. The maximum atomic E-state index is 10.4. The van der Waals surface area contributed by atoms with Crippen LogP contribution in [0.25, 0.3) is 0 Å². The van der Waals surface area contributed by atoms with Gasteiger partial charge in [0.25, 0.3) is 0 Å². The number of benzene rings is 1. The van der Waals surface area contributed by atoms with Gasteiger partial charge in [-0.2, -0.15) is 0 Å². The molecule has 0 spiro atoms. The fraction of sp³-hybridized carbons (Fsp3) is 0.182. The van der Waals surface area contributed by atoms with Crippen LogP contribution in [0, 0.1) is 11.8 Å². The molecule has 0 aliphatic heterocycles. The van der Waals surface area contributed by atoms with Gasteiger partial charge in [0.05, 0.1) is 11.8 Å². The fourth-order valence-electron chi connectivity index (χ4n) is 1.02. The molecule has 0 saturated carbocycles. The van der Waals surface area contributed by atoms with E-state index in [1.807, 2.05) is 12.1 Å². The van der Waals surface area contributed by atoms with Crippen molar-refractivity contribution in [2.45, 2.75) is 6.42 Å². The van der Waals surface area contributed by atoms with Gasteiger partial charge in [-0.15, -0.1) is 0 Å². The maximum absolute atomic E-state index is 10.4. The Bertz CT molecular complexity index is 371. The third-order valence-corrected chi connectivity index (χ3v) is 1.89. The molecule has 1 rings (SSSR count). The molecule has 0 heterocycles. The second kappa shape index (κ2) is 5.46. The number of aliphatic carboxylic acids is 1. The predicted octanol–water partition coefficient (Wildman–Crippen LogP) is 2.06. The summed E-state index contributed by atoms with van der Waals surface area (Å²) in [7, 11) is 0. The van der Waals surface area contributed by atoms with E-state index in [-0.39, 0.29) is 6.42 Å². The summed E-state index contributed by atoms with van der Waals surface area (Å²) < 4.78 is 0. The summed E-state index contributed by atoms with van der Waals surface area (Å²) in [6, 6.07) is 7.22. The van der Waals surface area contributed by atoms with Crippen LogP contribution < -0.4 is 0 Å². The zero-order valence-corrected chi connectivity index (χ0v) is 9.04. The van der Waals surface area contributed by atoms with Gasteiger partial charge >= 0.3 is 5.97 Å². The quantitative estimate of drug-likeness (QED) is 0.647. The molecular formula is C11H9BrO2. The number of carboxylic acid groups (broad SMARTS) is 1. The number of carboxylic acids is 1. The van der Waals surface area contributed by atoms with Crippen molar-refractivity contribution in [2.75, 3.05) is 5.33 Å². The number of alkyl halides is 1. The lowest BCUT2D eigenvalue weighted by atomic mass is 10.1. The second-order valence-corrected chi connectivity index (χ2v) is 3.26. The van der Waals surface area contributed by atoms with E-state index in [1.165, 1.54) is 0 Å². The molecule has 1 aromatic carbocycles. The van der Waals surface area contributed by atoms with Crippen LogP contribution in [-0.2, 0) is 11.2 Å². The lowest BCUT2D eigenvalue weighted by Crippen LogP contribution is -1.99. The lowest BCUT2D eigenvalue weighted by Gasteiger charge is -1.96. The summed E-state index contributed by atoms with van der Waals surface area (Å²) in [6.07, 6.45) is 0.0617. The topological polar surface area (TPSA) is 37.3 Å². The van der Waals surface area contributed by atoms with Gasteiger partial charge < -0.3 is 5.11 Å². The van der Waals surface area contributed by atoms with Crippen molar-refractivity contribution < 1.29 is 9.90 Å². The van der Waals surface area contributed by atoms with E-state index in [1.54, 1.807) is 12.1 Å². The highest BCUT2D eigenvalue weighted by Crippen LogP contribution is 2.04. The third-order valence-electron chi connectivity index (χ3n) is 1.61. The molecule has 72 valence electrons. The highest BCUT2D eigenvalue weighted by Gasteiger charge is 1.98. The molecular weight excluding hydrogens is 244 g/mol. The van der Waals surface area contributed by atoms with Gasteiger partial charge in [0, 0.05) is 5.56 Å². The van der Waals surface area contributed by atoms with Crippen LogP contribution in [0.15, 0.2) is 24.3 Å². The van der Waals surface area contributed by atoms with E-state index in [4.69, 9.17) is 5.11 Å². The van der Waals surface area contributed by atoms with Gasteiger partial charge in [0.2, 0.25) is 0 Å². The Balaban J connectivity index is 2.73. The Morgan fingerprint density at radius 1 is 1.36 bits per heavy atom. The Kier molecular flexibility index (Phi) is 4.21. The van der Waals surface area contributed by atoms with Gasteiger partial charge in [-0.05, 0) is 17.7 Å². The van der Waals surface area contributed by atoms with E-state index < -0.39 is 5.97 Å². The molecule has 0 radical (unpaired) electrons. The van der Waals surface area contributed by atoms with Crippen molar-refractivity contribution >= 4 is 21.9 Å². The summed E-state index contributed by atoms with van der Waals surface area (Å²) in [5.74, 6) is 4.99. The number of rotatable bonds is 2. The second-order valence-electron chi connectivity index (χ2n) is 2.70. The standard InChI is InChI=1S/C11H9BrO2/c12-7-1-2-9-3-5-10(6-4-9)8-11(13)14/h3-6H,7-8H2,(H,13,14). The largest absolute Gasteiger partial charge is 0.481 e. The molecule has 0 bridgehead atoms. The van der Waals surface area contributed by atoms with Crippen LogP contribution in [0.4, 0.5) is 0 Å². The van der Waals surface area contributed by atoms with Gasteiger partial charge in [0.1, 0.15) is 0 Å². The van der Waals surface area contributed by atoms with E-state index >= 15 is 0 Å². The molecule has 0 aliphatic carbocycles. The van der Waals surface area contributed by atoms with Gasteiger partial charge in [0.15, 0.2) is 0 Å². The molecule has 2 nitrogen and oxygen atoms in total. The Hall–Kier alpha value is -1.27. The van der Waals surface area contributed by atoms with Crippen LogP contribution in [0.1, 0.15) is 11.1 Å². The molecule has 0 fully saturated rings. The summed E-state index contributed by atoms with van der Waals surface area (Å²) in [6.45, 7) is 0. The molecule has 0 amide bonds. The van der Waals surface area contributed by atoms with Crippen molar-refractivity contribution in [1.82, 2.24) is 0 Å². The molecule has 0 aromatic heterocycles. The molecule has 3 heteroatoms. The van der Waals surface area contributed by atoms with E-state index in [2.05, 4.69) is 27.8 Å². The highest BCUT2D eigenvalue weighted by molar-refractivity contribution is 9.09. The van der Waals surface area contributed by atoms with Gasteiger partial charge in [-0.1, -0.05) is 39.9 Å².